The molecule has 0 aliphatic rings. The first-order valence-electron chi connectivity index (χ1n) is 5.61. The maximum Gasteiger partial charge on any atom is 0.305 e. The Hall–Kier alpha value is -1.81. The summed E-state index contributed by atoms with van der Waals surface area (Å²) in [6.45, 7) is 0. The molecule has 0 amide bonds. The zero-order valence-electron chi connectivity index (χ0n) is 9.77. The number of methoxy groups -OCH3 is 1. The molecule has 1 aromatic heterocycles. The number of para-hydroxylation sites is 1. The van der Waals surface area contributed by atoms with Crippen molar-refractivity contribution in [3.8, 4) is 0 Å². The van der Waals surface area contributed by atoms with Gasteiger partial charge in [0, 0.05) is 18.7 Å². The Morgan fingerprint density at radius 3 is 3.06 bits per heavy atom. The van der Waals surface area contributed by atoms with E-state index in [4.69, 9.17) is 5.73 Å². The van der Waals surface area contributed by atoms with E-state index in [1.165, 1.54) is 7.11 Å². The summed E-state index contributed by atoms with van der Waals surface area (Å²) in [5.74, 6) is -0.223. The monoisotopic (exact) mass is 232 g/mol. The second-order valence-corrected chi connectivity index (χ2v) is 4.01. The lowest BCUT2D eigenvalue weighted by molar-refractivity contribution is -0.140. The Morgan fingerprint density at radius 1 is 1.47 bits per heavy atom. The quantitative estimate of drug-likeness (QED) is 0.793. The van der Waals surface area contributed by atoms with E-state index in [-0.39, 0.29) is 12.0 Å². The van der Waals surface area contributed by atoms with E-state index in [1.807, 2.05) is 30.5 Å². The third-order valence-electron chi connectivity index (χ3n) is 2.91. The van der Waals surface area contributed by atoms with Crippen LogP contribution in [-0.2, 0) is 9.53 Å². The molecule has 0 saturated heterocycles. The van der Waals surface area contributed by atoms with Crippen molar-refractivity contribution in [1.29, 1.82) is 0 Å². The predicted molar refractivity (Wildman–Crippen MR) is 66.5 cm³/mol. The molecule has 1 unspecified atom stereocenters. The normalized spacial score (nSPS) is 12.6. The van der Waals surface area contributed by atoms with Gasteiger partial charge in [0.25, 0.3) is 0 Å². The fourth-order valence-corrected chi connectivity index (χ4v) is 1.95. The summed E-state index contributed by atoms with van der Waals surface area (Å²) in [6.07, 6.45) is 2.82. The van der Waals surface area contributed by atoms with Gasteiger partial charge in [0.05, 0.1) is 12.6 Å². The summed E-state index contributed by atoms with van der Waals surface area (Å²) < 4.78 is 4.61. The zero-order valence-corrected chi connectivity index (χ0v) is 9.77. The summed E-state index contributed by atoms with van der Waals surface area (Å²) in [4.78, 5) is 14.3. The predicted octanol–water partition coefficient (Wildman–Crippen LogP) is 2.12. The summed E-state index contributed by atoms with van der Waals surface area (Å²) >= 11 is 0. The lowest BCUT2D eigenvalue weighted by Gasteiger charge is -2.12. The SMILES string of the molecule is COC(=O)CCC(N)c1cccc2cc[nH]c12. The smallest absolute Gasteiger partial charge is 0.305 e. The second-order valence-electron chi connectivity index (χ2n) is 4.01. The number of ether oxygens (including phenoxy) is 1. The highest BCUT2D eigenvalue weighted by molar-refractivity contribution is 5.83. The van der Waals surface area contributed by atoms with Crippen LogP contribution in [0.15, 0.2) is 30.5 Å². The molecule has 1 atom stereocenters. The summed E-state index contributed by atoms with van der Waals surface area (Å²) in [7, 11) is 1.39. The van der Waals surface area contributed by atoms with E-state index in [0.717, 1.165) is 16.5 Å². The van der Waals surface area contributed by atoms with Gasteiger partial charge in [0.15, 0.2) is 0 Å². The van der Waals surface area contributed by atoms with Crippen LogP contribution in [0.1, 0.15) is 24.4 Å². The molecule has 17 heavy (non-hydrogen) atoms. The Bertz CT molecular complexity index is 519. The van der Waals surface area contributed by atoms with E-state index < -0.39 is 0 Å². The largest absolute Gasteiger partial charge is 0.469 e. The minimum absolute atomic E-state index is 0.156. The van der Waals surface area contributed by atoms with Gasteiger partial charge in [-0.1, -0.05) is 18.2 Å². The minimum atomic E-state index is -0.223. The molecule has 0 aliphatic heterocycles. The van der Waals surface area contributed by atoms with Gasteiger partial charge in [0.1, 0.15) is 0 Å². The Morgan fingerprint density at radius 2 is 2.29 bits per heavy atom. The molecule has 4 nitrogen and oxygen atoms in total. The van der Waals surface area contributed by atoms with Crippen molar-refractivity contribution in [2.75, 3.05) is 7.11 Å². The van der Waals surface area contributed by atoms with Crippen LogP contribution in [0.25, 0.3) is 10.9 Å². The first-order chi connectivity index (χ1) is 8.22. The Balaban J connectivity index is 2.15. The zero-order chi connectivity index (χ0) is 12.3. The van der Waals surface area contributed by atoms with Gasteiger partial charge < -0.3 is 15.5 Å². The molecular weight excluding hydrogens is 216 g/mol. The van der Waals surface area contributed by atoms with Crippen LogP contribution >= 0.6 is 0 Å². The van der Waals surface area contributed by atoms with E-state index in [2.05, 4.69) is 9.72 Å². The molecule has 90 valence electrons. The van der Waals surface area contributed by atoms with Crippen LogP contribution in [0.5, 0.6) is 0 Å². The van der Waals surface area contributed by atoms with E-state index >= 15 is 0 Å². The van der Waals surface area contributed by atoms with Crippen molar-refractivity contribution in [2.24, 2.45) is 5.73 Å². The third-order valence-corrected chi connectivity index (χ3v) is 2.91. The summed E-state index contributed by atoms with van der Waals surface area (Å²) in [5, 5.41) is 1.14. The molecule has 3 N–H and O–H groups in total. The number of hydrogen-bond donors (Lipinski definition) is 2. The van der Waals surface area contributed by atoms with Crippen molar-refractivity contribution >= 4 is 16.9 Å². The molecule has 0 radical (unpaired) electrons. The summed E-state index contributed by atoms with van der Waals surface area (Å²) in [5.41, 5.74) is 8.18. The number of rotatable bonds is 4. The molecular formula is C13H16N2O2. The maximum atomic E-state index is 11.1. The lowest BCUT2D eigenvalue weighted by Crippen LogP contribution is -2.13. The number of H-pyrrole nitrogens is 1. The number of hydrogen-bond acceptors (Lipinski definition) is 3. The van der Waals surface area contributed by atoms with Crippen molar-refractivity contribution < 1.29 is 9.53 Å². The van der Waals surface area contributed by atoms with Gasteiger partial charge in [-0.25, -0.2) is 0 Å². The number of fused-ring (bicyclic) bond motifs is 1. The Kier molecular flexibility index (Phi) is 3.44. The van der Waals surface area contributed by atoms with E-state index in [9.17, 15) is 4.79 Å². The van der Waals surface area contributed by atoms with Gasteiger partial charge in [-0.05, 0) is 23.4 Å². The molecule has 0 bridgehead atoms. The van der Waals surface area contributed by atoms with Crippen LogP contribution in [0, 0.1) is 0 Å². The molecule has 0 fully saturated rings. The minimum Gasteiger partial charge on any atom is -0.469 e. The fraction of sp³-hybridized carbons (Fsp3) is 0.308. The number of nitrogens with two attached hydrogens (primary N) is 1. The lowest BCUT2D eigenvalue weighted by atomic mass is 10.0. The molecule has 0 aliphatic carbocycles. The molecule has 2 rings (SSSR count). The van der Waals surface area contributed by atoms with Crippen molar-refractivity contribution in [1.82, 2.24) is 4.98 Å². The van der Waals surface area contributed by atoms with Crippen LogP contribution in [0.2, 0.25) is 0 Å². The van der Waals surface area contributed by atoms with Crippen LogP contribution < -0.4 is 5.73 Å². The van der Waals surface area contributed by atoms with Gasteiger partial charge in [-0.15, -0.1) is 0 Å². The number of carbonyl (C=O) groups excluding carboxylic acids is 1. The van der Waals surface area contributed by atoms with Crippen LogP contribution in [0.4, 0.5) is 0 Å². The molecule has 4 heteroatoms. The van der Waals surface area contributed by atoms with Gasteiger partial charge in [0.2, 0.25) is 0 Å². The first-order valence-corrected chi connectivity index (χ1v) is 5.61. The highest BCUT2D eigenvalue weighted by atomic mass is 16.5. The molecule has 0 saturated carbocycles. The van der Waals surface area contributed by atoms with Crippen molar-refractivity contribution in [3.63, 3.8) is 0 Å². The van der Waals surface area contributed by atoms with Gasteiger partial charge >= 0.3 is 5.97 Å². The third kappa shape index (κ3) is 2.47. The summed E-state index contributed by atoms with van der Waals surface area (Å²) in [6, 6.07) is 7.84. The number of aromatic nitrogens is 1. The average Bonchev–Trinajstić information content (AvgIpc) is 2.83. The van der Waals surface area contributed by atoms with Crippen LogP contribution in [-0.4, -0.2) is 18.1 Å². The maximum absolute atomic E-state index is 11.1. The number of benzene rings is 1. The molecule has 2 aromatic rings. The van der Waals surface area contributed by atoms with Gasteiger partial charge in [-0.2, -0.15) is 0 Å². The topological polar surface area (TPSA) is 68.1 Å². The van der Waals surface area contributed by atoms with Crippen LogP contribution in [0.3, 0.4) is 0 Å². The molecule has 0 spiro atoms. The van der Waals surface area contributed by atoms with Crippen molar-refractivity contribution in [3.05, 3.63) is 36.0 Å². The molecule has 1 aromatic carbocycles. The molecule has 1 heterocycles. The standard InChI is InChI=1S/C13H16N2O2/c1-17-12(16)6-5-11(14)10-4-2-3-9-7-8-15-13(9)10/h2-4,7-8,11,15H,5-6,14H2,1H3. The number of carbonyl (C=O) groups is 1. The van der Waals surface area contributed by atoms with E-state index in [1.54, 1.807) is 0 Å². The number of aromatic amines is 1. The fourth-order valence-electron chi connectivity index (χ4n) is 1.95. The number of esters is 1. The first kappa shape index (κ1) is 11.7. The number of nitrogens with one attached hydrogen (secondary N) is 1. The second kappa shape index (κ2) is 5.01. The van der Waals surface area contributed by atoms with Crippen molar-refractivity contribution in [2.45, 2.75) is 18.9 Å². The highest BCUT2D eigenvalue weighted by Crippen LogP contribution is 2.24. The highest BCUT2D eigenvalue weighted by Gasteiger charge is 2.12. The Labute approximate surface area is 99.8 Å². The van der Waals surface area contributed by atoms with E-state index in [0.29, 0.717) is 12.8 Å². The van der Waals surface area contributed by atoms with Gasteiger partial charge in [-0.3, -0.25) is 4.79 Å². The average molecular weight is 232 g/mol.